The van der Waals surface area contributed by atoms with E-state index in [9.17, 15) is 9.59 Å². The van der Waals surface area contributed by atoms with Crippen molar-refractivity contribution in [2.45, 2.75) is 115 Å². The van der Waals surface area contributed by atoms with Crippen LogP contribution in [0.4, 0.5) is 0 Å². The molecule has 2 amide bonds. The zero-order valence-electron chi connectivity index (χ0n) is 20.4. The third-order valence-corrected chi connectivity index (χ3v) is 5.81. The van der Waals surface area contributed by atoms with Crippen molar-refractivity contribution >= 4 is 11.8 Å². The smallest absolute Gasteiger partial charge is 0.236 e. The topological polar surface area (TPSA) is 162 Å². The summed E-state index contributed by atoms with van der Waals surface area (Å²) in [6.07, 6.45) is 16.9. The third kappa shape index (κ3) is 19.5. The SMILES string of the molecule is NCCCC[C@H](N)C(=O)NCCCCCCCCCCCCNC(=O)[C@@H](N)CCCCN. The van der Waals surface area contributed by atoms with Crippen molar-refractivity contribution in [2.75, 3.05) is 26.2 Å². The molecule has 0 aliphatic heterocycles. The summed E-state index contributed by atoms with van der Waals surface area (Å²) in [5, 5.41) is 5.87. The molecule has 0 spiro atoms. The molecule has 8 nitrogen and oxygen atoms in total. The molecule has 190 valence electrons. The quantitative estimate of drug-likeness (QED) is 0.129. The van der Waals surface area contributed by atoms with Crippen molar-refractivity contribution in [2.24, 2.45) is 22.9 Å². The Bertz CT molecular complexity index is 410. The summed E-state index contributed by atoms with van der Waals surface area (Å²) in [4.78, 5) is 23.7. The number of carbonyl (C=O) groups is 2. The molecular weight excluding hydrogens is 404 g/mol. The van der Waals surface area contributed by atoms with Crippen LogP contribution in [-0.2, 0) is 9.59 Å². The number of amides is 2. The maximum absolute atomic E-state index is 11.9. The first kappa shape index (κ1) is 30.8. The zero-order valence-corrected chi connectivity index (χ0v) is 20.4. The Morgan fingerprint density at radius 1 is 0.500 bits per heavy atom. The highest BCUT2D eigenvalue weighted by atomic mass is 16.2. The molecule has 10 N–H and O–H groups in total. The molecule has 32 heavy (non-hydrogen) atoms. The van der Waals surface area contributed by atoms with Gasteiger partial charge in [-0.2, -0.15) is 0 Å². The molecule has 0 aromatic rings. The van der Waals surface area contributed by atoms with Crippen LogP contribution in [0, 0.1) is 0 Å². The first-order valence-corrected chi connectivity index (χ1v) is 13.0. The molecule has 0 aliphatic rings. The summed E-state index contributed by atoms with van der Waals surface area (Å²) in [5.41, 5.74) is 22.6. The zero-order chi connectivity index (χ0) is 23.9. The van der Waals surface area contributed by atoms with Crippen molar-refractivity contribution in [3.8, 4) is 0 Å². The minimum atomic E-state index is -0.401. The van der Waals surface area contributed by atoms with Gasteiger partial charge in [-0.05, 0) is 51.6 Å². The number of hydrogen-bond donors (Lipinski definition) is 6. The first-order valence-electron chi connectivity index (χ1n) is 13.0. The number of rotatable bonds is 23. The van der Waals surface area contributed by atoms with Crippen molar-refractivity contribution in [3.05, 3.63) is 0 Å². The van der Waals surface area contributed by atoms with Crippen LogP contribution >= 0.6 is 0 Å². The van der Waals surface area contributed by atoms with Gasteiger partial charge in [0.05, 0.1) is 12.1 Å². The number of unbranched alkanes of at least 4 members (excludes halogenated alkanes) is 11. The lowest BCUT2D eigenvalue weighted by Crippen LogP contribution is -2.40. The maximum Gasteiger partial charge on any atom is 0.236 e. The molecule has 0 fully saturated rings. The van der Waals surface area contributed by atoms with E-state index in [1.807, 2.05) is 0 Å². The van der Waals surface area contributed by atoms with E-state index in [1.165, 1.54) is 38.5 Å². The van der Waals surface area contributed by atoms with E-state index in [4.69, 9.17) is 22.9 Å². The molecule has 0 aromatic heterocycles. The highest BCUT2D eigenvalue weighted by Gasteiger charge is 2.12. The second-order valence-electron chi connectivity index (χ2n) is 8.90. The molecule has 0 saturated carbocycles. The molecule has 0 aliphatic carbocycles. The van der Waals surface area contributed by atoms with Gasteiger partial charge in [0.1, 0.15) is 0 Å². The minimum absolute atomic E-state index is 0.0352. The van der Waals surface area contributed by atoms with Gasteiger partial charge in [-0.15, -0.1) is 0 Å². The monoisotopic (exact) mass is 456 g/mol. The number of carbonyl (C=O) groups excluding carboxylic acids is 2. The van der Waals surface area contributed by atoms with Crippen molar-refractivity contribution in [3.63, 3.8) is 0 Å². The van der Waals surface area contributed by atoms with E-state index in [0.29, 0.717) is 25.9 Å². The summed E-state index contributed by atoms with van der Waals surface area (Å²) >= 11 is 0. The molecule has 0 unspecified atom stereocenters. The number of nitrogens with one attached hydrogen (secondary N) is 2. The van der Waals surface area contributed by atoms with Crippen LogP contribution < -0.4 is 33.6 Å². The molecule has 0 bridgehead atoms. The molecule has 0 heterocycles. The van der Waals surface area contributed by atoms with Gasteiger partial charge in [0, 0.05) is 13.1 Å². The van der Waals surface area contributed by atoms with Crippen LogP contribution in [0.5, 0.6) is 0 Å². The van der Waals surface area contributed by atoms with Crippen molar-refractivity contribution in [1.29, 1.82) is 0 Å². The standard InChI is InChI=1S/C24H52N6O2/c25-17-11-9-15-21(27)23(31)29-19-13-7-5-3-1-2-4-6-8-14-20-30-24(32)22(28)16-10-12-18-26/h21-22H,1-20,25-28H2,(H,29,31)(H,30,32)/t21-,22-/m0/s1. The van der Waals surface area contributed by atoms with Gasteiger partial charge in [-0.1, -0.05) is 64.2 Å². The summed E-state index contributed by atoms with van der Waals surface area (Å²) < 4.78 is 0. The maximum atomic E-state index is 11.9. The van der Waals surface area contributed by atoms with Crippen LogP contribution in [0.3, 0.4) is 0 Å². The van der Waals surface area contributed by atoms with Gasteiger partial charge in [0.15, 0.2) is 0 Å². The van der Waals surface area contributed by atoms with E-state index in [-0.39, 0.29) is 11.8 Å². The molecular formula is C24H52N6O2. The fraction of sp³-hybridized carbons (Fsp3) is 0.917. The van der Waals surface area contributed by atoms with Crippen molar-refractivity contribution in [1.82, 2.24) is 10.6 Å². The van der Waals surface area contributed by atoms with Gasteiger partial charge >= 0.3 is 0 Å². The van der Waals surface area contributed by atoms with Gasteiger partial charge in [0.25, 0.3) is 0 Å². The minimum Gasteiger partial charge on any atom is -0.355 e. The molecule has 2 atom stereocenters. The predicted molar refractivity (Wildman–Crippen MR) is 134 cm³/mol. The Kier molecular flexibility index (Phi) is 22.1. The Morgan fingerprint density at radius 2 is 0.812 bits per heavy atom. The van der Waals surface area contributed by atoms with Crippen LogP contribution in [0.25, 0.3) is 0 Å². The fourth-order valence-corrected chi connectivity index (χ4v) is 3.63. The van der Waals surface area contributed by atoms with Crippen LogP contribution in [0.1, 0.15) is 103 Å². The highest BCUT2D eigenvalue weighted by Crippen LogP contribution is 2.10. The molecule has 0 saturated heterocycles. The largest absolute Gasteiger partial charge is 0.355 e. The van der Waals surface area contributed by atoms with Crippen LogP contribution in [0.15, 0.2) is 0 Å². The Balaban J connectivity index is 3.34. The Labute approximate surface area is 196 Å². The lowest BCUT2D eigenvalue weighted by Gasteiger charge is -2.12. The van der Waals surface area contributed by atoms with Gasteiger partial charge in [-0.3, -0.25) is 9.59 Å². The summed E-state index contributed by atoms with van der Waals surface area (Å²) in [6.45, 7) is 2.75. The summed E-state index contributed by atoms with van der Waals surface area (Å²) in [5.74, 6) is -0.0705. The molecule has 0 rings (SSSR count). The van der Waals surface area contributed by atoms with E-state index in [1.54, 1.807) is 0 Å². The third-order valence-electron chi connectivity index (χ3n) is 5.81. The second kappa shape index (κ2) is 23.0. The lowest BCUT2D eigenvalue weighted by atomic mass is 10.1. The fourth-order valence-electron chi connectivity index (χ4n) is 3.63. The van der Waals surface area contributed by atoms with E-state index in [0.717, 1.165) is 64.5 Å². The average Bonchev–Trinajstić information content (AvgIpc) is 2.79. The normalized spacial score (nSPS) is 13.0. The summed E-state index contributed by atoms with van der Waals surface area (Å²) in [7, 11) is 0. The van der Waals surface area contributed by atoms with E-state index < -0.39 is 12.1 Å². The molecule has 8 heteroatoms. The first-order chi connectivity index (χ1) is 15.5. The van der Waals surface area contributed by atoms with Gasteiger partial charge < -0.3 is 33.6 Å². The molecule has 0 radical (unpaired) electrons. The Hall–Kier alpha value is -1.22. The summed E-state index contributed by atoms with van der Waals surface area (Å²) in [6, 6.07) is -0.802. The van der Waals surface area contributed by atoms with Crippen LogP contribution in [-0.4, -0.2) is 50.1 Å². The lowest BCUT2D eigenvalue weighted by molar-refractivity contribution is -0.123. The van der Waals surface area contributed by atoms with E-state index in [2.05, 4.69) is 10.6 Å². The number of nitrogens with two attached hydrogens (primary N) is 4. The van der Waals surface area contributed by atoms with Gasteiger partial charge in [0.2, 0.25) is 11.8 Å². The highest BCUT2D eigenvalue weighted by molar-refractivity contribution is 5.81. The molecule has 0 aromatic carbocycles. The average molecular weight is 457 g/mol. The van der Waals surface area contributed by atoms with Crippen molar-refractivity contribution < 1.29 is 9.59 Å². The second-order valence-corrected chi connectivity index (χ2v) is 8.90. The van der Waals surface area contributed by atoms with Crippen LogP contribution in [0.2, 0.25) is 0 Å². The van der Waals surface area contributed by atoms with Gasteiger partial charge in [-0.25, -0.2) is 0 Å². The predicted octanol–water partition coefficient (Wildman–Crippen LogP) is 2.03. The number of hydrogen-bond acceptors (Lipinski definition) is 6. The Morgan fingerprint density at radius 3 is 1.12 bits per heavy atom. The van der Waals surface area contributed by atoms with E-state index >= 15 is 0 Å².